The molecule has 0 aliphatic carbocycles. The molecule has 0 unspecified atom stereocenters. The van der Waals surface area contributed by atoms with Crippen LogP contribution >= 0.6 is 11.3 Å². The van der Waals surface area contributed by atoms with Crippen LogP contribution in [0.1, 0.15) is 23.0 Å². The number of thiazole rings is 1. The molecule has 0 spiro atoms. The lowest BCUT2D eigenvalue weighted by Crippen LogP contribution is -2.04. The van der Waals surface area contributed by atoms with E-state index in [2.05, 4.69) is 22.4 Å². The first-order valence-electron chi connectivity index (χ1n) is 5.50. The van der Waals surface area contributed by atoms with E-state index in [1.165, 1.54) is 23.8 Å². The molecule has 88 valence electrons. The van der Waals surface area contributed by atoms with E-state index in [0.29, 0.717) is 5.69 Å². The van der Waals surface area contributed by atoms with Crippen molar-refractivity contribution >= 4 is 22.3 Å². The third-order valence-electron chi connectivity index (χ3n) is 2.40. The Morgan fingerprint density at radius 2 is 2.12 bits per heavy atom. The second-order valence-corrected chi connectivity index (χ2v) is 4.61. The van der Waals surface area contributed by atoms with Gasteiger partial charge in [-0.2, -0.15) is 0 Å². The van der Waals surface area contributed by atoms with Crippen molar-refractivity contribution < 1.29 is 4.79 Å². The highest BCUT2D eigenvalue weighted by Gasteiger charge is 2.04. The fraction of sp³-hybridized carbons (Fsp3) is 0.231. The Labute approximate surface area is 105 Å². The van der Waals surface area contributed by atoms with E-state index >= 15 is 0 Å². The summed E-state index contributed by atoms with van der Waals surface area (Å²) in [6.07, 6.45) is 0.954. The van der Waals surface area contributed by atoms with Crippen molar-refractivity contribution in [2.24, 2.45) is 0 Å². The molecule has 1 N–H and O–H groups in total. The summed E-state index contributed by atoms with van der Waals surface area (Å²) >= 11 is 1.47. The monoisotopic (exact) mass is 246 g/mol. The molecule has 0 radical (unpaired) electrons. The molecule has 3 nitrogen and oxygen atoms in total. The fourth-order valence-corrected chi connectivity index (χ4v) is 2.25. The van der Waals surface area contributed by atoms with Crippen molar-refractivity contribution in [3.05, 3.63) is 47.0 Å². The Hall–Kier alpha value is -1.68. The average molecular weight is 246 g/mol. The average Bonchev–Trinajstić information content (AvgIpc) is 2.79. The molecule has 0 amide bonds. The second kappa shape index (κ2) is 5.59. The summed E-state index contributed by atoms with van der Waals surface area (Å²) in [5, 5.41) is 5.82. The quantitative estimate of drug-likeness (QED) is 0.825. The standard InChI is InChI=1S/C13H14N2OS/c1-10(16)12-9-17-13(15-12)14-8-7-11-5-3-2-4-6-11/h2-6,9H,7-8H2,1H3,(H,14,15). The Bertz CT molecular complexity index is 493. The molecule has 4 heteroatoms. The van der Waals surface area contributed by atoms with Crippen LogP contribution in [-0.4, -0.2) is 17.3 Å². The van der Waals surface area contributed by atoms with Gasteiger partial charge in [-0.25, -0.2) is 4.98 Å². The minimum Gasteiger partial charge on any atom is -0.361 e. The smallest absolute Gasteiger partial charge is 0.183 e. The van der Waals surface area contributed by atoms with Crippen LogP contribution in [0.4, 0.5) is 5.13 Å². The van der Waals surface area contributed by atoms with Crippen LogP contribution < -0.4 is 5.32 Å². The van der Waals surface area contributed by atoms with Gasteiger partial charge in [-0.05, 0) is 12.0 Å². The lowest BCUT2D eigenvalue weighted by Gasteiger charge is -2.02. The van der Waals surface area contributed by atoms with E-state index in [9.17, 15) is 4.79 Å². The van der Waals surface area contributed by atoms with Crippen LogP contribution in [-0.2, 0) is 6.42 Å². The van der Waals surface area contributed by atoms with Crippen LogP contribution in [0.25, 0.3) is 0 Å². The van der Waals surface area contributed by atoms with Gasteiger partial charge in [0.2, 0.25) is 0 Å². The SMILES string of the molecule is CC(=O)c1csc(NCCc2ccccc2)n1. The van der Waals surface area contributed by atoms with Gasteiger partial charge in [0, 0.05) is 18.8 Å². The number of carbonyl (C=O) groups is 1. The third-order valence-corrected chi connectivity index (χ3v) is 3.20. The molecular formula is C13H14N2OS. The molecule has 0 aliphatic rings. The number of anilines is 1. The van der Waals surface area contributed by atoms with Crippen LogP contribution in [0, 0.1) is 0 Å². The molecular weight excluding hydrogens is 232 g/mol. The van der Waals surface area contributed by atoms with Crippen LogP contribution in [0.2, 0.25) is 0 Å². The van der Waals surface area contributed by atoms with Crippen LogP contribution in [0.5, 0.6) is 0 Å². The Morgan fingerprint density at radius 3 is 2.76 bits per heavy atom. The minimum absolute atomic E-state index is 0.0114. The molecule has 1 aromatic carbocycles. The van der Waals surface area contributed by atoms with Crippen molar-refractivity contribution in [2.75, 3.05) is 11.9 Å². The summed E-state index contributed by atoms with van der Waals surface area (Å²) in [7, 11) is 0. The number of rotatable bonds is 5. The van der Waals surface area contributed by atoms with Gasteiger partial charge >= 0.3 is 0 Å². The predicted octanol–water partition coefficient (Wildman–Crippen LogP) is 3.00. The summed E-state index contributed by atoms with van der Waals surface area (Å²) in [4.78, 5) is 15.3. The predicted molar refractivity (Wildman–Crippen MR) is 70.8 cm³/mol. The maximum Gasteiger partial charge on any atom is 0.183 e. The first-order valence-corrected chi connectivity index (χ1v) is 6.38. The molecule has 0 fully saturated rings. The topological polar surface area (TPSA) is 42.0 Å². The number of ketones is 1. The lowest BCUT2D eigenvalue weighted by atomic mass is 10.1. The highest BCUT2D eigenvalue weighted by molar-refractivity contribution is 7.13. The van der Waals surface area contributed by atoms with Crippen molar-refractivity contribution in [3.63, 3.8) is 0 Å². The largest absolute Gasteiger partial charge is 0.361 e. The van der Waals surface area contributed by atoms with Crippen molar-refractivity contribution in [1.82, 2.24) is 4.98 Å². The van der Waals surface area contributed by atoms with E-state index in [1.807, 2.05) is 18.2 Å². The van der Waals surface area contributed by atoms with Gasteiger partial charge in [0.05, 0.1) is 0 Å². The van der Waals surface area contributed by atoms with Crippen molar-refractivity contribution in [2.45, 2.75) is 13.3 Å². The second-order valence-electron chi connectivity index (χ2n) is 3.76. The number of hydrogen-bond donors (Lipinski definition) is 1. The Kier molecular flexibility index (Phi) is 3.88. The van der Waals surface area contributed by atoms with Gasteiger partial charge in [-0.3, -0.25) is 4.79 Å². The Morgan fingerprint density at radius 1 is 1.35 bits per heavy atom. The summed E-state index contributed by atoms with van der Waals surface area (Å²) < 4.78 is 0. The maximum atomic E-state index is 11.1. The van der Waals surface area contributed by atoms with Crippen molar-refractivity contribution in [1.29, 1.82) is 0 Å². The molecule has 1 aromatic heterocycles. The Balaban J connectivity index is 1.84. The molecule has 0 saturated carbocycles. The lowest BCUT2D eigenvalue weighted by molar-refractivity contribution is 0.101. The number of carbonyl (C=O) groups excluding carboxylic acids is 1. The number of nitrogens with one attached hydrogen (secondary N) is 1. The molecule has 2 aromatic rings. The minimum atomic E-state index is 0.0114. The molecule has 17 heavy (non-hydrogen) atoms. The van der Waals surface area contributed by atoms with Crippen molar-refractivity contribution in [3.8, 4) is 0 Å². The first-order chi connectivity index (χ1) is 8.25. The zero-order valence-corrected chi connectivity index (χ0v) is 10.5. The number of benzene rings is 1. The normalized spacial score (nSPS) is 10.2. The molecule has 2 rings (SSSR count). The maximum absolute atomic E-state index is 11.1. The van der Waals surface area contributed by atoms with E-state index in [0.717, 1.165) is 18.1 Å². The van der Waals surface area contributed by atoms with Gasteiger partial charge in [-0.15, -0.1) is 11.3 Å². The van der Waals surface area contributed by atoms with Crippen LogP contribution in [0.15, 0.2) is 35.7 Å². The van der Waals surface area contributed by atoms with Crippen LogP contribution in [0.3, 0.4) is 0 Å². The first kappa shape index (κ1) is 11.8. The van der Waals surface area contributed by atoms with E-state index in [1.54, 1.807) is 5.38 Å². The van der Waals surface area contributed by atoms with E-state index in [-0.39, 0.29) is 5.78 Å². The molecule has 0 aliphatic heterocycles. The van der Waals surface area contributed by atoms with Gasteiger partial charge in [0.1, 0.15) is 5.69 Å². The van der Waals surface area contributed by atoms with E-state index in [4.69, 9.17) is 0 Å². The third kappa shape index (κ3) is 3.39. The summed E-state index contributed by atoms with van der Waals surface area (Å²) in [5.41, 5.74) is 1.83. The zero-order valence-electron chi connectivity index (χ0n) is 9.64. The molecule has 1 heterocycles. The highest BCUT2D eigenvalue weighted by Crippen LogP contribution is 2.15. The summed E-state index contributed by atoms with van der Waals surface area (Å²) in [6.45, 7) is 2.36. The number of hydrogen-bond acceptors (Lipinski definition) is 4. The molecule has 0 bridgehead atoms. The summed E-state index contributed by atoms with van der Waals surface area (Å²) in [5.74, 6) is 0.0114. The van der Waals surface area contributed by atoms with E-state index < -0.39 is 0 Å². The fourth-order valence-electron chi connectivity index (χ4n) is 1.48. The highest BCUT2D eigenvalue weighted by atomic mass is 32.1. The van der Waals surface area contributed by atoms with Gasteiger partial charge < -0.3 is 5.32 Å². The molecule has 0 saturated heterocycles. The molecule has 0 atom stereocenters. The van der Waals surface area contributed by atoms with Gasteiger partial charge in [0.15, 0.2) is 10.9 Å². The zero-order chi connectivity index (χ0) is 12.1. The van der Waals surface area contributed by atoms with Gasteiger partial charge in [0.25, 0.3) is 0 Å². The number of Topliss-reactive ketones (excluding diaryl/α,β-unsaturated/α-hetero) is 1. The number of nitrogens with zero attached hydrogens (tertiary/aromatic N) is 1. The number of aromatic nitrogens is 1. The summed E-state index contributed by atoms with van der Waals surface area (Å²) in [6, 6.07) is 10.3. The van der Waals surface area contributed by atoms with Gasteiger partial charge in [-0.1, -0.05) is 30.3 Å².